The second kappa shape index (κ2) is 19.1. The summed E-state index contributed by atoms with van der Waals surface area (Å²) >= 11 is 0. The van der Waals surface area contributed by atoms with E-state index in [1.165, 1.54) is 57.9 Å². The van der Waals surface area contributed by atoms with Crippen molar-refractivity contribution >= 4 is 55.1 Å². The minimum Gasteiger partial charge on any atom is -0.347 e. The van der Waals surface area contributed by atoms with E-state index < -0.39 is 49.2 Å². The third kappa shape index (κ3) is 10.4. The number of hydroxylamine groups is 2. The van der Waals surface area contributed by atoms with Crippen LogP contribution in [0.1, 0.15) is 127 Å². The van der Waals surface area contributed by atoms with Crippen LogP contribution in [0, 0.1) is 6.92 Å². The Morgan fingerprint density at radius 3 is 2.06 bits per heavy atom. The van der Waals surface area contributed by atoms with Crippen LogP contribution in [0.2, 0.25) is 0 Å². The number of piperidine rings is 1. The van der Waals surface area contributed by atoms with E-state index in [1.807, 2.05) is 11.8 Å². The molecule has 4 aliphatic heterocycles. The van der Waals surface area contributed by atoms with E-state index in [9.17, 15) is 40.3 Å². The second-order valence-electron chi connectivity index (χ2n) is 18.8. The highest BCUT2D eigenvalue weighted by molar-refractivity contribution is 7.86. The summed E-state index contributed by atoms with van der Waals surface area (Å²) in [4.78, 5) is 45.6. The summed E-state index contributed by atoms with van der Waals surface area (Å²) in [6, 6.07) is 11.1. The maximum absolute atomic E-state index is 12.6. The number of anilines is 2. The number of aryl methyl sites for hydroxylation is 1. The Bertz CT molecular complexity index is 2620. The molecule has 0 radical (unpaired) electrons. The molecule has 3 fully saturated rings. The SMILES string of the molecule is Cc1ccc2c(c1)C(C)(C)C(=CC=C1CCCC(=CC=C3N(CCCS(=O)(=O)O)c4ccc(S(=O)(=O)O)cc4C3(C)CCCCCC(=O)ON3C(=O)CCC3=O)C1=[N+]1CCCCC1)N2C. The Hall–Kier alpha value is -4.90. The van der Waals surface area contributed by atoms with Crippen LogP contribution in [-0.4, -0.2) is 91.5 Å². The number of benzene rings is 2. The van der Waals surface area contributed by atoms with E-state index in [0.717, 1.165) is 50.9 Å². The summed E-state index contributed by atoms with van der Waals surface area (Å²) < 4.78 is 71.4. The molecule has 4 heterocycles. The molecule has 16 heteroatoms. The van der Waals surface area contributed by atoms with Gasteiger partial charge < -0.3 is 14.6 Å². The zero-order chi connectivity index (χ0) is 46.9. The largest absolute Gasteiger partial charge is 0.347 e. The van der Waals surface area contributed by atoms with Crippen LogP contribution in [0.15, 0.2) is 88.1 Å². The molecule has 2 saturated heterocycles. The predicted octanol–water partition coefficient (Wildman–Crippen LogP) is 8.02. The van der Waals surface area contributed by atoms with E-state index in [2.05, 4.69) is 79.8 Å². The lowest BCUT2D eigenvalue weighted by Crippen LogP contribution is -2.32. The summed E-state index contributed by atoms with van der Waals surface area (Å²) in [5.74, 6) is -2.24. The number of likely N-dealkylation sites (N-methyl/N-ethyl adjacent to an activating group) is 1. The number of imide groups is 1. The predicted molar refractivity (Wildman–Crippen MR) is 250 cm³/mol. The fourth-order valence-corrected chi connectivity index (χ4v) is 11.4. The Morgan fingerprint density at radius 2 is 1.42 bits per heavy atom. The normalized spacial score (nSPS) is 23.7. The first kappa shape index (κ1) is 48.0. The van der Waals surface area contributed by atoms with Crippen LogP contribution in [0.25, 0.3) is 0 Å². The molecule has 7 rings (SSSR count). The van der Waals surface area contributed by atoms with Crippen molar-refractivity contribution in [3.05, 3.63) is 99.9 Å². The van der Waals surface area contributed by atoms with Crippen molar-refractivity contribution in [2.24, 2.45) is 0 Å². The van der Waals surface area contributed by atoms with Gasteiger partial charge in [-0.15, -0.1) is 5.06 Å². The molecule has 350 valence electrons. The topological polar surface area (TPSA) is 182 Å². The molecule has 14 nitrogen and oxygen atoms in total. The van der Waals surface area contributed by atoms with Crippen molar-refractivity contribution < 1.29 is 49.7 Å². The van der Waals surface area contributed by atoms with Gasteiger partial charge in [-0.2, -0.15) is 16.8 Å². The van der Waals surface area contributed by atoms with Crippen LogP contribution in [0.3, 0.4) is 0 Å². The van der Waals surface area contributed by atoms with Gasteiger partial charge >= 0.3 is 5.97 Å². The third-order valence-corrected chi connectivity index (χ3v) is 15.4. The summed E-state index contributed by atoms with van der Waals surface area (Å²) in [6.45, 7) is 10.8. The van der Waals surface area contributed by atoms with Gasteiger partial charge in [-0.1, -0.05) is 56.5 Å². The highest BCUT2D eigenvalue weighted by atomic mass is 32.2. The van der Waals surface area contributed by atoms with Gasteiger partial charge in [0.2, 0.25) is 5.71 Å². The molecule has 5 aliphatic rings. The lowest BCUT2D eigenvalue weighted by molar-refractivity contribution is -0.536. The third-order valence-electron chi connectivity index (χ3n) is 13.8. The summed E-state index contributed by atoms with van der Waals surface area (Å²) in [5, 5.41) is 0.541. The maximum Gasteiger partial charge on any atom is 0.333 e. The number of fused-ring (bicyclic) bond motifs is 2. The highest BCUT2D eigenvalue weighted by Gasteiger charge is 2.44. The van der Waals surface area contributed by atoms with E-state index in [0.29, 0.717) is 42.0 Å². The van der Waals surface area contributed by atoms with Crippen molar-refractivity contribution in [1.29, 1.82) is 0 Å². The minimum atomic E-state index is -4.59. The van der Waals surface area contributed by atoms with Gasteiger partial charge in [0.1, 0.15) is 13.1 Å². The number of hydrogen-bond acceptors (Lipinski definition) is 10. The quantitative estimate of drug-likeness (QED) is 0.0807. The molecule has 65 heavy (non-hydrogen) atoms. The zero-order valence-corrected chi connectivity index (χ0v) is 39.9. The molecular formula is C49H63N4O10S2+. The van der Waals surface area contributed by atoms with Gasteiger partial charge in [0, 0.05) is 90.4 Å². The first-order chi connectivity index (χ1) is 30.7. The number of amides is 2. The highest BCUT2D eigenvalue weighted by Crippen LogP contribution is 2.52. The van der Waals surface area contributed by atoms with Gasteiger partial charge in [0.05, 0.1) is 10.6 Å². The van der Waals surface area contributed by atoms with Crippen LogP contribution in [-0.2, 0) is 50.3 Å². The first-order valence-corrected chi connectivity index (χ1v) is 26.0. The van der Waals surface area contributed by atoms with Gasteiger partial charge in [0.15, 0.2) is 0 Å². The van der Waals surface area contributed by atoms with E-state index in [4.69, 9.17) is 4.84 Å². The molecule has 2 aromatic rings. The van der Waals surface area contributed by atoms with E-state index in [-0.39, 0.29) is 42.5 Å². The Balaban J connectivity index is 1.25. The van der Waals surface area contributed by atoms with E-state index >= 15 is 0 Å². The Labute approximate surface area is 383 Å². The maximum atomic E-state index is 12.6. The molecule has 1 atom stereocenters. The molecule has 2 amide bonds. The summed E-state index contributed by atoms with van der Waals surface area (Å²) in [6.07, 6.45) is 17.0. The van der Waals surface area contributed by atoms with Crippen LogP contribution < -0.4 is 9.80 Å². The van der Waals surface area contributed by atoms with Crippen molar-refractivity contribution in [2.75, 3.05) is 42.2 Å². The van der Waals surface area contributed by atoms with Gasteiger partial charge in [0.25, 0.3) is 32.1 Å². The lowest BCUT2D eigenvalue weighted by atomic mass is 9.76. The Kier molecular flexibility index (Phi) is 14.1. The molecule has 2 aromatic carbocycles. The molecule has 0 aromatic heterocycles. The Morgan fingerprint density at radius 1 is 0.769 bits per heavy atom. The van der Waals surface area contributed by atoms with Crippen molar-refractivity contribution in [2.45, 2.75) is 133 Å². The molecular weight excluding hydrogens is 869 g/mol. The number of carbonyl (C=O) groups is 3. The number of hydrogen-bond donors (Lipinski definition) is 2. The van der Waals surface area contributed by atoms with Gasteiger partial charge in [-0.3, -0.25) is 18.7 Å². The number of allylic oxidation sites excluding steroid dienone is 8. The van der Waals surface area contributed by atoms with E-state index in [1.54, 1.807) is 6.07 Å². The van der Waals surface area contributed by atoms with Crippen molar-refractivity contribution in [3.8, 4) is 0 Å². The van der Waals surface area contributed by atoms with Crippen LogP contribution in [0.4, 0.5) is 11.4 Å². The molecule has 1 unspecified atom stereocenters. The second-order valence-corrected chi connectivity index (χ2v) is 21.8. The minimum absolute atomic E-state index is 0.00417. The van der Waals surface area contributed by atoms with Crippen LogP contribution in [0.5, 0.6) is 0 Å². The molecule has 2 N–H and O–H groups in total. The summed E-state index contributed by atoms with van der Waals surface area (Å²) in [5.41, 5.74) is 9.73. The average Bonchev–Trinajstić information content (AvgIpc) is 3.76. The number of unbranched alkanes of at least 4 members (excludes halogenated alkanes) is 2. The standard InChI is InChI=1S/C49H62N4O10S2/c1-34-17-21-40-38(32-34)48(2,3)42(50(40)5)23-18-35-14-12-15-36(47(35)51-28-10-7-11-29-51)19-24-43-49(4,27-9-6-8-16-46(56)63-53-44(54)25-26-45(53)55)39-33-37(65(60,61)62)20-22-41(39)52(43)30-13-31-64(57,58)59/h17-24,32-33H,6-16,25-31H2,1-5H3,(H-,57,58,59,60,61,62)/p+1. The summed E-state index contributed by atoms with van der Waals surface area (Å²) in [7, 11) is -6.73. The molecule has 0 bridgehead atoms. The monoisotopic (exact) mass is 931 g/mol. The molecule has 0 spiro atoms. The fourth-order valence-electron chi connectivity index (χ4n) is 10.4. The van der Waals surface area contributed by atoms with Crippen LogP contribution >= 0.6 is 0 Å². The molecule has 1 saturated carbocycles. The van der Waals surface area contributed by atoms with Gasteiger partial charge in [-0.25, -0.2) is 9.37 Å². The number of nitrogens with zero attached hydrogens (tertiary/aromatic N) is 4. The smallest absolute Gasteiger partial charge is 0.333 e. The van der Waals surface area contributed by atoms with Crippen molar-refractivity contribution in [3.63, 3.8) is 0 Å². The van der Waals surface area contributed by atoms with Gasteiger partial charge in [-0.05, 0) is 106 Å². The lowest BCUT2D eigenvalue weighted by Gasteiger charge is -2.31. The number of rotatable bonds is 14. The zero-order valence-electron chi connectivity index (χ0n) is 38.3. The van der Waals surface area contributed by atoms with Crippen molar-refractivity contribution in [1.82, 2.24) is 5.06 Å². The number of carbonyl (C=O) groups excluding carboxylic acids is 3. The molecule has 1 aliphatic carbocycles. The first-order valence-electron chi connectivity index (χ1n) is 22.9. The fraction of sp³-hybridized carbons (Fsp3) is 0.510. The average molecular weight is 932 g/mol.